The molecule has 0 aliphatic rings. The van der Waals surface area contributed by atoms with Crippen LogP contribution in [0.2, 0.25) is 5.02 Å². The van der Waals surface area contributed by atoms with Crippen molar-refractivity contribution in [1.82, 2.24) is 0 Å². The van der Waals surface area contributed by atoms with Gasteiger partial charge in [-0.05, 0) is 45.8 Å². The van der Waals surface area contributed by atoms with E-state index in [-0.39, 0.29) is 5.56 Å². The normalized spacial score (nSPS) is 12.5. The molecule has 1 unspecified atom stereocenters. The Bertz CT molecular complexity index is 587. The van der Waals surface area contributed by atoms with Crippen LogP contribution >= 0.6 is 27.5 Å². The Morgan fingerprint density at radius 3 is 2.56 bits per heavy atom. The van der Waals surface area contributed by atoms with Gasteiger partial charge in [0.2, 0.25) is 0 Å². The first-order valence-corrected chi connectivity index (χ1v) is 6.32. The van der Waals surface area contributed by atoms with Crippen molar-refractivity contribution in [2.24, 2.45) is 5.73 Å². The average molecular weight is 333 g/mol. The molecule has 2 N–H and O–H groups in total. The number of hydrogen-bond acceptors (Lipinski definition) is 1. The molecule has 18 heavy (non-hydrogen) atoms. The summed E-state index contributed by atoms with van der Waals surface area (Å²) in [5, 5.41) is 0.397. The van der Waals surface area contributed by atoms with Crippen LogP contribution in [0.25, 0.3) is 0 Å². The SMILES string of the molecule is NC(c1cc(F)ccc1F)c1cccc(Br)c1Cl. The summed E-state index contributed by atoms with van der Waals surface area (Å²) < 4.78 is 27.4. The van der Waals surface area contributed by atoms with Gasteiger partial charge in [-0.3, -0.25) is 0 Å². The molecule has 0 heterocycles. The fraction of sp³-hybridized carbons (Fsp3) is 0.0769. The second-order valence-corrected chi connectivity index (χ2v) is 5.02. The second kappa shape index (κ2) is 5.34. The molecule has 0 saturated heterocycles. The molecule has 2 aromatic rings. The zero-order valence-electron chi connectivity index (χ0n) is 9.13. The fourth-order valence-corrected chi connectivity index (χ4v) is 2.31. The van der Waals surface area contributed by atoms with Gasteiger partial charge in [0.1, 0.15) is 11.6 Å². The van der Waals surface area contributed by atoms with Gasteiger partial charge in [-0.2, -0.15) is 0 Å². The third-order valence-electron chi connectivity index (χ3n) is 2.61. The number of hydrogen-bond donors (Lipinski definition) is 1. The van der Waals surface area contributed by atoms with E-state index in [0.29, 0.717) is 15.1 Å². The summed E-state index contributed by atoms with van der Waals surface area (Å²) in [6.45, 7) is 0. The third-order valence-corrected chi connectivity index (χ3v) is 3.92. The van der Waals surface area contributed by atoms with Gasteiger partial charge in [0.05, 0.1) is 11.1 Å². The maximum atomic E-state index is 13.6. The lowest BCUT2D eigenvalue weighted by molar-refractivity contribution is 0.576. The predicted molar refractivity (Wildman–Crippen MR) is 71.5 cm³/mol. The number of benzene rings is 2. The van der Waals surface area contributed by atoms with Crippen LogP contribution in [0, 0.1) is 11.6 Å². The topological polar surface area (TPSA) is 26.0 Å². The summed E-state index contributed by atoms with van der Waals surface area (Å²) in [6, 6.07) is 7.54. The molecule has 0 spiro atoms. The van der Waals surface area contributed by atoms with Crippen LogP contribution < -0.4 is 5.73 Å². The summed E-state index contributed by atoms with van der Waals surface area (Å²) in [6.07, 6.45) is 0. The van der Waals surface area contributed by atoms with E-state index in [1.54, 1.807) is 18.2 Å². The van der Waals surface area contributed by atoms with Crippen molar-refractivity contribution >= 4 is 27.5 Å². The van der Waals surface area contributed by atoms with Gasteiger partial charge >= 0.3 is 0 Å². The fourth-order valence-electron chi connectivity index (χ4n) is 1.68. The van der Waals surface area contributed by atoms with Crippen LogP contribution in [0.5, 0.6) is 0 Å². The lowest BCUT2D eigenvalue weighted by atomic mass is 9.99. The molecule has 5 heteroatoms. The number of halogens is 4. The van der Waals surface area contributed by atoms with Gasteiger partial charge in [0.15, 0.2) is 0 Å². The highest BCUT2D eigenvalue weighted by Gasteiger charge is 2.18. The Morgan fingerprint density at radius 1 is 1.11 bits per heavy atom. The lowest BCUT2D eigenvalue weighted by Crippen LogP contribution is -2.14. The first-order valence-electron chi connectivity index (χ1n) is 5.15. The largest absolute Gasteiger partial charge is 0.320 e. The van der Waals surface area contributed by atoms with E-state index < -0.39 is 17.7 Å². The molecule has 0 saturated carbocycles. The molecule has 1 nitrogen and oxygen atoms in total. The molecule has 0 aliphatic heterocycles. The van der Waals surface area contributed by atoms with E-state index in [1.807, 2.05) is 0 Å². The Labute approximate surface area is 117 Å². The van der Waals surface area contributed by atoms with Gasteiger partial charge in [-0.15, -0.1) is 0 Å². The Morgan fingerprint density at radius 2 is 1.83 bits per heavy atom. The van der Waals surface area contributed by atoms with Gasteiger partial charge < -0.3 is 5.73 Å². The minimum absolute atomic E-state index is 0.0787. The molecule has 0 bridgehead atoms. The zero-order valence-corrected chi connectivity index (χ0v) is 11.5. The quantitative estimate of drug-likeness (QED) is 0.865. The Kier molecular flexibility index (Phi) is 4.00. The Balaban J connectivity index is 2.51. The molecule has 0 aromatic heterocycles. The molecular weight excluding hydrogens is 324 g/mol. The van der Waals surface area contributed by atoms with Crippen molar-refractivity contribution in [1.29, 1.82) is 0 Å². The van der Waals surface area contributed by atoms with Crippen LogP contribution in [0.3, 0.4) is 0 Å². The highest BCUT2D eigenvalue weighted by atomic mass is 79.9. The van der Waals surface area contributed by atoms with Crippen LogP contribution in [-0.2, 0) is 0 Å². The predicted octanol–water partition coefficient (Wildman–Crippen LogP) is 4.43. The molecule has 2 aromatic carbocycles. The van der Waals surface area contributed by atoms with Gasteiger partial charge in [-0.25, -0.2) is 8.78 Å². The van der Waals surface area contributed by atoms with Crippen molar-refractivity contribution in [3.05, 3.63) is 68.7 Å². The summed E-state index contributed by atoms with van der Waals surface area (Å²) in [5.41, 5.74) is 6.56. The Hall–Kier alpha value is -0.970. The van der Waals surface area contributed by atoms with Crippen LogP contribution in [0.15, 0.2) is 40.9 Å². The first-order chi connectivity index (χ1) is 8.50. The molecule has 1 atom stereocenters. The summed E-state index contributed by atoms with van der Waals surface area (Å²) in [4.78, 5) is 0. The molecule has 2 rings (SSSR count). The van der Waals surface area contributed by atoms with E-state index in [9.17, 15) is 8.78 Å². The van der Waals surface area contributed by atoms with Crippen LogP contribution in [0.4, 0.5) is 8.78 Å². The summed E-state index contributed by atoms with van der Waals surface area (Å²) in [7, 11) is 0. The van der Waals surface area contributed by atoms with Crippen molar-refractivity contribution in [3.8, 4) is 0 Å². The van der Waals surface area contributed by atoms with Crippen molar-refractivity contribution in [2.45, 2.75) is 6.04 Å². The molecule has 94 valence electrons. The number of nitrogens with two attached hydrogens (primary N) is 1. The van der Waals surface area contributed by atoms with E-state index in [2.05, 4.69) is 15.9 Å². The highest BCUT2D eigenvalue weighted by molar-refractivity contribution is 9.10. The van der Waals surface area contributed by atoms with E-state index in [1.165, 1.54) is 0 Å². The van der Waals surface area contributed by atoms with Crippen molar-refractivity contribution < 1.29 is 8.78 Å². The molecule has 0 amide bonds. The summed E-state index contributed by atoms with van der Waals surface area (Å²) in [5.74, 6) is -1.09. The minimum atomic E-state index is -0.814. The molecular formula is C13H9BrClF2N. The smallest absolute Gasteiger partial charge is 0.128 e. The molecule has 0 radical (unpaired) electrons. The maximum Gasteiger partial charge on any atom is 0.128 e. The second-order valence-electron chi connectivity index (χ2n) is 3.79. The third kappa shape index (κ3) is 2.55. The molecule has 0 fully saturated rings. The molecule has 0 aliphatic carbocycles. The van der Waals surface area contributed by atoms with E-state index in [4.69, 9.17) is 17.3 Å². The highest BCUT2D eigenvalue weighted by Crippen LogP contribution is 2.33. The van der Waals surface area contributed by atoms with E-state index in [0.717, 1.165) is 18.2 Å². The average Bonchev–Trinajstić information content (AvgIpc) is 2.35. The standard InChI is InChI=1S/C13H9BrClF2N/c14-10-3-1-2-8(12(10)15)13(18)9-6-7(16)4-5-11(9)17/h1-6,13H,18H2. The monoisotopic (exact) mass is 331 g/mol. The first kappa shape index (κ1) is 13.5. The van der Waals surface area contributed by atoms with Crippen LogP contribution in [0.1, 0.15) is 17.2 Å². The summed E-state index contributed by atoms with van der Waals surface area (Å²) >= 11 is 9.35. The van der Waals surface area contributed by atoms with Crippen molar-refractivity contribution in [3.63, 3.8) is 0 Å². The zero-order chi connectivity index (χ0) is 13.3. The van der Waals surface area contributed by atoms with Crippen molar-refractivity contribution in [2.75, 3.05) is 0 Å². The lowest BCUT2D eigenvalue weighted by Gasteiger charge is -2.15. The van der Waals surface area contributed by atoms with Crippen LogP contribution in [-0.4, -0.2) is 0 Å². The van der Waals surface area contributed by atoms with Gasteiger partial charge in [0, 0.05) is 10.0 Å². The van der Waals surface area contributed by atoms with Gasteiger partial charge in [-0.1, -0.05) is 23.7 Å². The van der Waals surface area contributed by atoms with E-state index >= 15 is 0 Å². The van der Waals surface area contributed by atoms with Gasteiger partial charge in [0.25, 0.3) is 0 Å². The number of rotatable bonds is 2. The minimum Gasteiger partial charge on any atom is -0.320 e. The maximum absolute atomic E-state index is 13.6.